The van der Waals surface area contributed by atoms with E-state index in [9.17, 15) is 14.7 Å². The third-order valence-electron chi connectivity index (χ3n) is 2.72. The minimum atomic E-state index is -0.960. The number of fused-ring (bicyclic) bond motifs is 1. The van der Waals surface area contributed by atoms with Gasteiger partial charge in [-0.25, -0.2) is 4.79 Å². The number of hydrogen-bond acceptors (Lipinski definition) is 3. The molecule has 1 heterocycles. The fourth-order valence-electron chi connectivity index (χ4n) is 2.03. The number of nitrogens with one attached hydrogen (secondary N) is 1. The highest BCUT2D eigenvalue weighted by molar-refractivity contribution is 7.17. The van der Waals surface area contributed by atoms with Gasteiger partial charge in [-0.05, 0) is 24.8 Å². The highest BCUT2D eigenvalue weighted by Crippen LogP contribution is 2.39. The summed E-state index contributed by atoms with van der Waals surface area (Å²) >= 11 is 1.38. The molecule has 0 saturated heterocycles. The summed E-state index contributed by atoms with van der Waals surface area (Å²) in [5, 5.41) is 12.3. The maximum atomic E-state index is 11.4. The molecule has 0 radical (unpaired) electrons. The van der Waals surface area contributed by atoms with E-state index in [1.54, 1.807) is 0 Å². The molecule has 1 amide bonds. The number of hydrogen-bond donors (Lipinski definition) is 2. The number of carboxylic acids is 1. The Bertz CT molecular complexity index is 490. The molecule has 1 aliphatic carbocycles. The SMILES string of the molecule is C=CCC(=O)Nc1sc2c(c1C(=O)O)CCC2. The summed E-state index contributed by atoms with van der Waals surface area (Å²) in [6.45, 7) is 3.48. The number of rotatable bonds is 4. The molecule has 0 aliphatic heterocycles. The van der Waals surface area contributed by atoms with Gasteiger partial charge in [-0.3, -0.25) is 4.79 Å². The van der Waals surface area contributed by atoms with E-state index in [2.05, 4.69) is 11.9 Å². The Morgan fingerprint density at radius 1 is 1.47 bits per heavy atom. The van der Waals surface area contributed by atoms with Crippen LogP contribution in [-0.4, -0.2) is 17.0 Å². The summed E-state index contributed by atoms with van der Waals surface area (Å²) in [6.07, 6.45) is 4.41. The van der Waals surface area contributed by atoms with Crippen molar-refractivity contribution >= 4 is 28.2 Å². The van der Waals surface area contributed by atoms with Crippen LogP contribution < -0.4 is 5.32 Å². The van der Waals surface area contributed by atoms with Crippen molar-refractivity contribution in [2.45, 2.75) is 25.7 Å². The van der Waals surface area contributed by atoms with E-state index in [1.165, 1.54) is 17.4 Å². The van der Waals surface area contributed by atoms with Gasteiger partial charge in [-0.1, -0.05) is 6.08 Å². The minimum absolute atomic E-state index is 0.196. The van der Waals surface area contributed by atoms with Gasteiger partial charge in [0.2, 0.25) is 5.91 Å². The lowest BCUT2D eigenvalue weighted by atomic mass is 10.1. The van der Waals surface area contributed by atoms with Crippen LogP contribution in [0.2, 0.25) is 0 Å². The summed E-state index contributed by atoms with van der Waals surface area (Å²) in [5.74, 6) is -1.18. The van der Waals surface area contributed by atoms with Gasteiger partial charge in [0, 0.05) is 11.3 Å². The highest BCUT2D eigenvalue weighted by atomic mass is 32.1. The van der Waals surface area contributed by atoms with Crippen molar-refractivity contribution in [3.8, 4) is 0 Å². The van der Waals surface area contributed by atoms with Crippen LogP contribution in [0.4, 0.5) is 5.00 Å². The zero-order valence-electron chi connectivity index (χ0n) is 9.28. The van der Waals surface area contributed by atoms with E-state index in [0.29, 0.717) is 5.00 Å². The molecular weight excluding hydrogens is 238 g/mol. The van der Waals surface area contributed by atoms with Crippen LogP contribution in [0.25, 0.3) is 0 Å². The second-order valence-corrected chi connectivity index (χ2v) is 5.01. The zero-order valence-corrected chi connectivity index (χ0v) is 10.1. The Hall–Kier alpha value is -1.62. The first-order chi connectivity index (χ1) is 8.13. The van der Waals surface area contributed by atoms with E-state index < -0.39 is 5.97 Å². The van der Waals surface area contributed by atoms with Gasteiger partial charge < -0.3 is 10.4 Å². The van der Waals surface area contributed by atoms with Crippen molar-refractivity contribution in [1.29, 1.82) is 0 Å². The first-order valence-corrected chi connectivity index (χ1v) is 6.23. The third-order valence-corrected chi connectivity index (χ3v) is 3.93. The lowest BCUT2D eigenvalue weighted by molar-refractivity contribution is -0.115. The number of thiophene rings is 1. The molecule has 5 heteroatoms. The molecular formula is C12H13NO3S. The highest BCUT2D eigenvalue weighted by Gasteiger charge is 2.26. The molecule has 4 nitrogen and oxygen atoms in total. The van der Waals surface area contributed by atoms with Crippen LogP contribution in [0.5, 0.6) is 0 Å². The summed E-state index contributed by atoms with van der Waals surface area (Å²) in [5.41, 5.74) is 1.18. The van der Waals surface area contributed by atoms with Gasteiger partial charge >= 0.3 is 5.97 Å². The van der Waals surface area contributed by atoms with Gasteiger partial charge in [0.05, 0.1) is 5.56 Å². The molecule has 0 fully saturated rings. The van der Waals surface area contributed by atoms with E-state index >= 15 is 0 Å². The van der Waals surface area contributed by atoms with Gasteiger partial charge in [0.25, 0.3) is 0 Å². The van der Waals surface area contributed by atoms with E-state index in [0.717, 1.165) is 29.7 Å². The number of carboxylic acid groups (broad SMARTS) is 1. The van der Waals surface area contributed by atoms with Crippen molar-refractivity contribution in [3.63, 3.8) is 0 Å². The number of aromatic carboxylic acids is 1. The van der Waals surface area contributed by atoms with E-state index in [-0.39, 0.29) is 17.9 Å². The lowest BCUT2D eigenvalue weighted by Crippen LogP contribution is -2.12. The molecule has 1 aliphatic rings. The second kappa shape index (κ2) is 4.71. The summed E-state index contributed by atoms with van der Waals surface area (Å²) < 4.78 is 0. The molecule has 0 spiro atoms. The number of anilines is 1. The number of aryl methyl sites for hydroxylation is 1. The van der Waals surface area contributed by atoms with Crippen LogP contribution in [-0.2, 0) is 17.6 Å². The second-order valence-electron chi connectivity index (χ2n) is 3.91. The molecule has 0 aromatic carbocycles. The Morgan fingerprint density at radius 2 is 2.24 bits per heavy atom. The Kier molecular flexibility index (Phi) is 3.28. The fourth-order valence-corrected chi connectivity index (χ4v) is 3.32. The smallest absolute Gasteiger partial charge is 0.339 e. The van der Waals surface area contributed by atoms with Gasteiger partial charge in [-0.15, -0.1) is 17.9 Å². The zero-order chi connectivity index (χ0) is 12.4. The monoisotopic (exact) mass is 251 g/mol. The van der Waals surface area contributed by atoms with Crippen molar-refractivity contribution in [2.75, 3.05) is 5.32 Å². The average molecular weight is 251 g/mol. The predicted octanol–water partition coefficient (Wildman–Crippen LogP) is 2.45. The van der Waals surface area contributed by atoms with Gasteiger partial charge in [-0.2, -0.15) is 0 Å². The number of amides is 1. The van der Waals surface area contributed by atoms with Crippen LogP contribution in [0, 0.1) is 0 Å². The standard InChI is InChI=1S/C12H13NO3S/c1-2-4-9(14)13-11-10(12(15)16)7-5-3-6-8(7)17-11/h2H,1,3-6H2,(H,13,14)(H,15,16). The third kappa shape index (κ3) is 2.24. The van der Waals surface area contributed by atoms with E-state index in [4.69, 9.17) is 0 Å². The quantitative estimate of drug-likeness (QED) is 0.808. The molecule has 0 saturated carbocycles. The molecule has 0 atom stereocenters. The van der Waals surface area contributed by atoms with Crippen LogP contribution in [0.1, 0.15) is 33.6 Å². The number of carbonyl (C=O) groups excluding carboxylic acids is 1. The molecule has 1 aromatic heterocycles. The fraction of sp³-hybridized carbons (Fsp3) is 0.333. The van der Waals surface area contributed by atoms with Crippen molar-refractivity contribution in [3.05, 3.63) is 28.7 Å². The molecule has 0 unspecified atom stereocenters. The predicted molar refractivity (Wildman–Crippen MR) is 66.7 cm³/mol. The van der Waals surface area contributed by atoms with E-state index in [1.807, 2.05) is 0 Å². The van der Waals surface area contributed by atoms with Crippen LogP contribution in [0.15, 0.2) is 12.7 Å². The molecule has 0 bridgehead atoms. The topological polar surface area (TPSA) is 66.4 Å². The molecule has 17 heavy (non-hydrogen) atoms. The first kappa shape index (κ1) is 11.9. The molecule has 2 N–H and O–H groups in total. The average Bonchev–Trinajstić information content (AvgIpc) is 2.76. The molecule has 1 aromatic rings. The Balaban J connectivity index is 2.31. The summed E-state index contributed by atoms with van der Waals surface area (Å²) in [4.78, 5) is 23.8. The molecule has 90 valence electrons. The summed E-state index contributed by atoms with van der Waals surface area (Å²) in [6, 6.07) is 0. The number of carbonyl (C=O) groups is 2. The van der Waals surface area contributed by atoms with Crippen molar-refractivity contribution in [2.24, 2.45) is 0 Å². The maximum Gasteiger partial charge on any atom is 0.339 e. The first-order valence-electron chi connectivity index (χ1n) is 5.42. The van der Waals surface area contributed by atoms with Gasteiger partial charge in [0.15, 0.2) is 0 Å². The maximum absolute atomic E-state index is 11.4. The normalized spacial score (nSPS) is 13.2. The Morgan fingerprint density at radius 3 is 2.88 bits per heavy atom. The minimum Gasteiger partial charge on any atom is -0.478 e. The van der Waals surface area contributed by atoms with Gasteiger partial charge in [0.1, 0.15) is 5.00 Å². The largest absolute Gasteiger partial charge is 0.478 e. The van der Waals surface area contributed by atoms with Crippen molar-refractivity contribution in [1.82, 2.24) is 0 Å². The Labute approximate surface area is 103 Å². The lowest BCUT2D eigenvalue weighted by Gasteiger charge is -2.03. The molecule has 2 rings (SSSR count). The summed E-state index contributed by atoms with van der Waals surface area (Å²) in [7, 11) is 0. The van der Waals surface area contributed by atoms with Crippen LogP contribution in [0.3, 0.4) is 0 Å². The van der Waals surface area contributed by atoms with Crippen molar-refractivity contribution < 1.29 is 14.7 Å². The van der Waals surface area contributed by atoms with Crippen LogP contribution >= 0.6 is 11.3 Å².